The summed E-state index contributed by atoms with van der Waals surface area (Å²) < 4.78 is 26.3. The van der Waals surface area contributed by atoms with E-state index in [4.69, 9.17) is 18.0 Å². The Morgan fingerprint density at radius 2 is 2.15 bits per heavy atom. The number of H-pyrrole nitrogens is 1. The molecular formula is C11H18N4O2S3. The SMILES string of the molecule is CSC1(C(N)=S)CCN(S(=O)(=O)c2cn[nH]c2C)CC1. The predicted molar refractivity (Wildman–Crippen MR) is 84.3 cm³/mol. The number of sulfonamides is 1. The Labute approximate surface area is 128 Å². The molecule has 2 heterocycles. The zero-order chi connectivity index (χ0) is 15.0. The molecule has 0 unspecified atom stereocenters. The van der Waals surface area contributed by atoms with Crippen molar-refractivity contribution in [2.24, 2.45) is 5.73 Å². The van der Waals surface area contributed by atoms with Crippen LogP contribution in [0.5, 0.6) is 0 Å². The molecule has 0 saturated carbocycles. The number of thioether (sulfide) groups is 1. The summed E-state index contributed by atoms with van der Waals surface area (Å²) in [5.41, 5.74) is 6.37. The van der Waals surface area contributed by atoms with Gasteiger partial charge in [-0.05, 0) is 26.0 Å². The fourth-order valence-corrected chi connectivity index (χ4v) is 5.18. The number of aromatic amines is 1. The number of piperidine rings is 1. The molecule has 0 radical (unpaired) electrons. The van der Waals surface area contributed by atoms with Crippen LogP contribution < -0.4 is 5.73 Å². The van der Waals surface area contributed by atoms with Gasteiger partial charge >= 0.3 is 0 Å². The number of aromatic nitrogens is 2. The number of hydrogen-bond donors (Lipinski definition) is 2. The minimum absolute atomic E-state index is 0.240. The number of rotatable bonds is 4. The third-order valence-corrected chi connectivity index (χ3v) is 7.71. The highest BCUT2D eigenvalue weighted by Gasteiger charge is 2.40. The normalized spacial score (nSPS) is 19.9. The second-order valence-electron chi connectivity index (χ2n) is 4.83. The van der Waals surface area contributed by atoms with E-state index in [0.717, 1.165) is 0 Å². The molecule has 1 saturated heterocycles. The van der Waals surface area contributed by atoms with E-state index in [2.05, 4.69) is 10.2 Å². The minimum atomic E-state index is -3.49. The Morgan fingerprint density at radius 3 is 2.55 bits per heavy atom. The molecule has 1 aromatic rings. The lowest BCUT2D eigenvalue weighted by molar-refractivity contribution is 0.332. The van der Waals surface area contributed by atoms with Gasteiger partial charge in [-0.15, -0.1) is 0 Å². The number of nitrogens with zero attached hydrogens (tertiary/aromatic N) is 2. The number of hydrogen-bond acceptors (Lipinski definition) is 5. The Kier molecular flexibility index (Phi) is 4.43. The smallest absolute Gasteiger partial charge is 0.246 e. The number of nitrogens with one attached hydrogen (secondary N) is 1. The Bertz CT molecular complexity index is 603. The molecule has 1 aliphatic rings. The van der Waals surface area contributed by atoms with Gasteiger partial charge in [0.2, 0.25) is 10.0 Å². The van der Waals surface area contributed by atoms with Crippen LogP contribution in [0.1, 0.15) is 18.5 Å². The summed E-state index contributed by atoms with van der Waals surface area (Å²) in [6, 6.07) is 0. The van der Waals surface area contributed by atoms with Crippen LogP contribution in [0.4, 0.5) is 0 Å². The molecule has 0 amide bonds. The fraction of sp³-hybridized carbons (Fsp3) is 0.636. The molecule has 1 fully saturated rings. The molecule has 0 aliphatic carbocycles. The van der Waals surface area contributed by atoms with Crippen LogP contribution >= 0.6 is 24.0 Å². The zero-order valence-corrected chi connectivity index (χ0v) is 13.9. The fourth-order valence-electron chi connectivity index (χ4n) is 2.38. The van der Waals surface area contributed by atoms with E-state index < -0.39 is 10.0 Å². The van der Waals surface area contributed by atoms with Crippen molar-refractivity contribution in [3.8, 4) is 0 Å². The molecule has 0 aromatic carbocycles. The Morgan fingerprint density at radius 1 is 1.55 bits per heavy atom. The van der Waals surface area contributed by atoms with Gasteiger partial charge < -0.3 is 5.73 Å². The summed E-state index contributed by atoms with van der Waals surface area (Å²) in [7, 11) is -3.49. The molecule has 9 heteroatoms. The highest BCUT2D eigenvalue weighted by atomic mass is 32.2. The molecular weight excluding hydrogens is 316 g/mol. The van der Waals surface area contributed by atoms with Gasteiger partial charge in [0, 0.05) is 13.1 Å². The van der Waals surface area contributed by atoms with Gasteiger partial charge in [0.1, 0.15) is 4.90 Å². The molecule has 112 valence electrons. The first kappa shape index (κ1) is 15.7. The first-order valence-corrected chi connectivity index (χ1v) is 9.26. The first-order valence-electron chi connectivity index (χ1n) is 6.19. The summed E-state index contributed by atoms with van der Waals surface area (Å²) in [5.74, 6) is 0. The Balaban J connectivity index is 2.19. The standard InChI is InChI=1S/C11H18N4O2S3/c1-8-9(7-13-14-8)20(16,17)15-5-3-11(19-2,4-6-15)10(12)18/h7H,3-6H2,1-2H3,(H2,12,18)(H,13,14). The largest absolute Gasteiger partial charge is 0.392 e. The van der Waals surface area contributed by atoms with Gasteiger partial charge in [-0.3, -0.25) is 5.10 Å². The van der Waals surface area contributed by atoms with Crippen LogP contribution in [0.25, 0.3) is 0 Å². The van der Waals surface area contributed by atoms with Crippen LogP contribution in [0.15, 0.2) is 11.1 Å². The summed E-state index contributed by atoms with van der Waals surface area (Å²) in [6.45, 7) is 2.54. The lowest BCUT2D eigenvalue weighted by atomic mass is 9.97. The van der Waals surface area contributed by atoms with E-state index in [1.54, 1.807) is 18.7 Å². The molecule has 3 N–H and O–H groups in total. The molecule has 0 spiro atoms. The molecule has 0 atom stereocenters. The quantitative estimate of drug-likeness (QED) is 0.795. The lowest BCUT2D eigenvalue weighted by Crippen LogP contribution is -2.50. The lowest BCUT2D eigenvalue weighted by Gasteiger charge is -2.39. The van der Waals surface area contributed by atoms with Crippen LogP contribution in [-0.4, -0.2) is 52.0 Å². The van der Waals surface area contributed by atoms with Crippen molar-refractivity contribution in [1.29, 1.82) is 0 Å². The number of thiocarbonyl (C=S) groups is 1. The van der Waals surface area contributed by atoms with Gasteiger partial charge in [0.15, 0.2) is 0 Å². The maximum absolute atomic E-state index is 12.5. The second kappa shape index (κ2) is 5.63. The third kappa shape index (κ3) is 2.59. The third-order valence-electron chi connectivity index (χ3n) is 3.77. The van der Waals surface area contributed by atoms with Crippen molar-refractivity contribution in [2.75, 3.05) is 19.3 Å². The summed E-state index contributed by atoms with van der Waals surface area (Å²) >= 11 is 6.74. The van der Waals surface area contributed by atoms with Crippen molar-refractivity contribution in [1.82, 2.24) is 14.5 Å². The summed E-state index contributed by atoms with van der Waals surface area (Å²) in [5, 5.41) is 6.44. The molecule has 20 heavy (non-hydrogen) atoms. The van der Waals surface area contributed by atoms with E-state index in [9.17, 15) is 8.42 Å². The predicted octanol–water partition coefficient (Wildman–Crippen LogP) is 0.891. The van der Waals surface area contributed by atoms with Gasteiger partial charge in [-0.2, -0.15) is 21.2 Å². The van der Waals surface area contributed by atoms with Crippen LogP contribution in [0, 0.1) is 6.92 Å². The van der Waals surface area contributed by atoms with Gasteiger partial charge in [0.05, 0.1) is 21.6 Å². The van der Waals surface area contributed by atoms with E-state index in [-0.39, 0.29) is 9.64 Å². The summed E-state index contributed by atoms with van der Waals surface area (Å²) in [6.07, 6.45) is 4.59. The van der Waals surface area contributed by atoms with E-state index in [1.165, 1.54) is 10.5 Å². The molecule has 1 aromatic heterocycles. The number of nitrogens with two attached hydrogens (primary N) is 1. The molecule has 1 aliphatic heterocycles. The maximum Gasteiger partial charge on any atom is 0.246 e. The highest BCUT2D eigenvalue weighted by Crippen LogP contribution is 2.36. The van der Waals surface area contributed by atoms with Gasteiger partial charge in [-0.1, -0.05) is 12.2 Å². The maximum atomic E-state index is 12.5. The van der Waals surface area contributed by atoms with Gasteiger partial charge in [0.25, 0.3) is 0 Å². The first-order chi connectivity index (χ1) is 9.33. The van der Waals surface area contributed by atoms with Gasteiger partial charge in [-0.25, -0.2) is 8.42 Å². The average Bonchev–Trinajstić information content (AvgIpc) is 2.85. The van der Waals surface area contributed by atoms with E-state index in [1.807, 2.05) is 6.26 Å². The van der Waals surface area contributed by atoms with E-state index in [0.29, 0.717) is 36.6 Å². The van der Waals surface area contributed by atoms with Crippen molar-refractivity contribution in [3.05, 3.63) is 11.9 Å². The number of aryl methyl sites for hydroxylation is 1. The molecule has 0 bridgehead atoms. The second-order valence-corrected chi connectivity index (χ2v) is 8.36. The summed E-state index contributed by atoms with van der Waals surface area (Å²) in [4.78, 5) is 0.700. The zero-order valence-electron chi connectivity index (χ0n) is 11.4. The monoisotopic (exact) mass is 334 g/mol. The highest BCUT2D eigenvalue weighted by molar-refractivity contribution is 8.02. The van der Waals surface area contributed by atoms with Crippen LogP contribution in [-0.2, 0) is 10.0 Å². The van der Waals surface area contributed by atoms with Crippen molar-refractivity contribution >= 4 is 39.0 Å². The Hall–Kier alpha value is -0.640. The molecule has 6 nitrogen and oxygen atoms in total. The minimum Gasteiger partial charge on any atom is -0.392 e. The van der Waals surface area contributed by atoms with Crippen LogP contribution in [0.3, 0.4) is 0 Å². The van der Waals surface area contributed by atoms with Crippen molar-refractivity contribution < 1.29 is 8.42 Å². The molecule has 2 rings (SSSR count). The average molecular weight is 334 g/mol. The van der Waals surface area contributed by atoms with Crippen molar-refractivity contribution in [2.45, 2.75) is 29.4 Å². The van der Waals surface area contributed by atoms with E-state index >= 15 is 0 Å². The van der Waals surface area contributed by atoms with Crippen molar-refractivity contribution in [3.63, 3.8) is 0 Å². The van der Waals surface area contributed by atoms with Crippen LogP contribution in [0.2, 0.25) is 0 Å². The topological polar surface area (TPSA) is 92.1 Å².